The minimum absolute atomic E-state index is 0.0304. The molecule has 0 saturated heterocycles. The molecule has 104 valence electrons. The summed E-state index contributed by atoms with van der Waals surface area (Å²) in [5.74, 6) is 0.661. The van der Waals surface area contributed by atoms with Crippen LogP contribution in [-0.4, -0.2) is 46.4 Å². The first-order chi connectivity index (χ1) is 9.13. The molecule has 0 radical (unpaired) electrons. The molecule has 0 aliphatic carbocycles. The summed E-state index contributed by atoms with van der Waals surface area (Å²) in [4.78, 5) is 6.29. The number of aryl methyl sites for hydroxylation is 1. The largest absolute Gasteiger partial charge is 0.441 e. The molecule has 0 amide bonds. The molecule has 1 atom stereocenters. The van der Waals surface area contributed by atoms with Crippen LogP contribution in [0.2, 0.25) is 0 Å². The molecule has 5 heteroatoms. The number of hydrogen-bond donors (Lipinski definition) is 2. The number of aliphatic hydroxyl groups is 2. The minimum atomic E-state index is -0.0304. The van der Waals surface area contributed by atoms with Crippen LogP contribution in [0.4, 0.5) is 0 Å². The quantitative estimate of drug-likeness (QED) is 0.823. The third-order valence-electron chi connectivity index (χ3n) is 3.29. The maximum Gasteiger partial charge on any atom is 0.192 e. The smallest absolute Gasteiger partial charge is 0.192 e. The highest BCUT2D eigenvalue weighted by molar-refractivity contribution is 5.73. The summed E-state index contributed by atoms with van der Waals surface area (Å²) in [6, 6.07) is 5.89. The first kappa shape index (κ1) is 14.0. The molecule has 0 spiro atoms. The third kappa shape index (κ3) is 3.32. The summed E-state index contributed by atoms with van der Waals surface area (Å²) >= 11 is 0. The lowest BCUT2D eigenvalue weighted by Crippen LogP contribution is -2.35. The van der Waals surface area contributed by atoms with Gasteiger partial charge in [-0.1, -0.05) is 6.07 Å². The molecule has 0 aliphatic rings. The number of nitrogens with zero attached hydrogens (tertiary/aromatic N) is 2. The predicted octanol–water partition coefficient (Wildman–Crippen LogP) is 1.31. The molecule has 1 heterocycles. The van der Waals surface area contributed by atoms with E-state index in [-0.39, 0.29) is 19.3 Å². The fraction of sp³-hybridized carbons (Fsp3) is 0.500. The Bertz CT molecular complexity index is 538. The van der Waals surface area contributed by atoms with Gasteiger partial charge in [-0.25, -0.2) is 4.98 Å². The van der Waals surface area contributed by atoms with E-state index in [0.717, 1.165) is 16.7 Å². The van der Waals surface area contributed by atoms with Crippen LogP contribution in [0.3, 0.4) is 0 Å². The van der Waals surface area contributed by atoms with Crippen molar-refractivity contribution in [1.29, 1.82) is 0 Å². The highest BCUT2D eigenvalue weighted by atomic mass is 16.3. The van der Waals surface area contributed by atoms with Crippen LogP contribution in [0.1, 0.15) is 17.9 Å². The van der Waals surface area contributed by atoms with Gasteiger partial charge in [-0.2, -0.15) is 0 Å². The van der Waals surface area contributed by atoms with E-state index in [1.165, 1.54) is 0 Å². The van der Waals surface area contributed by atoms with Gasteiger partial charge in [0.2, 0.25) is 0 Å². The Morgan fingerprint density at radius 1 is 1.37 bits per heavy atom. The molecule has 2 rings (SSSR count). The van der Waals surface area contributed by atoms with E-state index in [4.69, 9.17) is 9.52 Å². The van der Waals surface area contributed by atoms with Crippen molar-refractivity contribution in [2.24, 2.45) is 0 Å². The maximum absolute atomic E-state index is 9.30. The SMILES string of the molecule is Cc1nc2ccc(CN(C)C(CO)CCO)cc2o1. The molecular formula is C14H20N2O3. The van der Waals surface area contributed by atoms with E-state index in [2.05, 4.69) is 4.98 Å². The van der Waals surface area contributed by atoms with Crippen LogP contribution in [0, 0.1) is 6.92 Å². The molecule has 0 bridgehead atoms. The third-order valence-corrected chi connectivity index (χ3v) is 3.29. The molecule has 1 aromatic heterocycles. The topological polar surface area (TPSA) is 69.7 Å². The summed E-state index contributed by atoms with van der Waals surface area (Å²) < 4.78 is 5.51. The predicted molar refractivity (Wildman–Crippen MR) is 72.8 cm³/mol. The molecule has 0 fully saturated rings. The Kier molecular flexibility index (Phi) is 4.52. The number of likely N-dealkylation sites (N-methyl/N-ethyl adjacent to an activating group) is 1. The molecular weight excluding hydrogens is 244 g/mol. The van der Waals surface area contributed by atoms with Gasteiger partial charge in [-0.05, 0) is 31.2 Å². The van der Waals surface area contributed by atoms with Crippen LogP contribution in [0.25, 0.3) is 11.1 Å². The van der Waals surface area contributed by atoms with Gasteiger partial charge in [0.1, 0.15) is 5.52 Å². The summed E-state index contributed by atoms with van der Waals surface area (Å²) in [5.41, 5.74) is 2.74. The first-order valence-electron chi connectivity index (χ1n) is 6.42. The average molecular weight is 264 g/mol. The van der Waals surface area contributed by atoms with Gasteiger partial charge in [0.25, 0.3) is 0 Å². The Balaban J connectivity index is 2.11. The first-order valence-corrected chi connectivity index (χ1v) is 6.42. The van der Waals surface area contributed by atoms with Crippen molar-refractivity contribution >= 4 is 11.1 Å². The zero-order valence-corrected chi connectivity index (χ0v) is 11.3. The summed E-state index contributed by atoms with van der Waals surface area (Å²) in [6.45, 7) is 2.65. The van der Waals surface area contributed by atoms with Crippen LogP contribution >= 0.6 is 0 Å². The number of fused-ring (bicyclic) bond motifs is 1. The van der Waals surface area contributed by atoms with E-state index >= 15 is 0 Å². The molecule has 2 aromatic rings. The van der Waals surface area contributed by atoms with Gasteiger partial charge in [0, 0.05) is 26.1 Å². The van der Waals surface area contributed by atoms with E-state index < -0.39 is 0 Å². The Labute approximate surface area is 112 Å². The second kappa shape index (κ2) is 6.14. The molecule has 0 saturated carbocycles. The highest BCUT2D eigenvalue weighted by Crippen LogP contribution is 2.18. The standard InChI is InChI=1S/C14H20N2O3/c1-10-15-13-4-3-11(7-14(13)19-10)8-16(2)12(9-18)5-6-17/h3-4,7,12,17-18H,5-6,8-9H2,1-2H3. The van der Waals surface area contributed by atoms with E-state index in [0.29, 0.717) is 18.9 Å². The fourth-order valence-corrected chi connectivity index (χ4v) is 2.20. The number of benzene rings is 1. The fourth-order valence-electron chi connectivity index (χ4n) is 2.20. The van der Waals surface area contributed by atoms with E-state index in [9.17, 15) is 5.11 Å². The van der Waals surface area contributed by atoms with Crippen LogP contribution in [0.15, 0.2) is 22.6 Å². The molecule has 19 heavy (non-hydrogen) atoms. The highest BCUT2D eigenvalue weighted by Gasteiger charge is 2.14. The molecule has 0 aliphatic heterocycles. The van der Waals surface area contributed by atoms with Crippen molar-refractivity contribution in [3.05, 3.63) is 29.7 Å². The monoisotopic (exact) mass is 264 g/mol. The van der Waals surface area contributed by atoms with Crippen molar-refractivity contribution in [2.75, 3.05) is 20.3 Å². The van der Waals surface area contributed by atoms with Gasteiger partial charge in [-0.15, -0.1) is 0 Å². The molecule has 1 aromatic carbocycles. The zero-order chi connectivity index (χ0) is 13.8. The normalized spacial score (nSPS) is 13.3. The second-order valence-corrected chi connectivity index (χ2v) is 4.80. The Hall–Kier alpha value is -1.43. The maximum atomic E-state index is 9.30. The van der Waals surface area contributed by atoms with E-state index in [1.54, 1.807) is 0 Å². The Morgan fingerprint density at radius 3 is 2.84 bits per heavy atom. The zero-order valence-electron chi connectivity index (χ0n) is 11.3. The number of hydrogen-bond acceptors (Lipinski definition) is 5. The van der Waals surface area contributed by atoms with Gasteiger partial charge in [-0.3, -0.25) is 4.90 Å². The lowest BCUT2D eigenvalue weighted by atomic mass is 10.1. The average Bonchev–Trinajstić information content (AvgIpc) is 2.75. The molecule has 1 unspecified atom stereocenters. The number of rotatable bonds is 6. The minimum Gasteiger partial charge on any atom is -0.441 e. The van der Waals surface area contributed by atoms with Gasteiger partial charge in [0.05, 0.1) is 6.61 Å². The van der Waals surface area contributed by atoms with Crippen molar-refractivity contribution in [2.45, 2.75) is 25.9 Å². The van der Waals surface area contributed by atoms with Gasteiger partial charge < -0.3 is 14.6 Å². The van der Waals surface area contributed by atoms with Crippen LogP contribution in [-0.2, 0) is 6.54 Å². The Morgan fingerprint density at radius 2 is 2.16 bits per heavy atom. The van der Waals surface area contributed by atoms with Crippen LogP contribution < -0.4 is 0 Å². The van der Waals surface area contributed by atoms with Crippen molar-refractivity contribution in [3.63, 3.8) is 0 Å². The van der Waals surface area contributed by atoms with E-state index in [1.807, 2.05) is 37.1 Å². The van der Waals surface area contributed by atoms with Crippen molar-refractivity contribution in [1.82, 2.24) is 9.88 Å². The second-order valence-electron chi connectivity index (χ2n) is 4.80. The molecule has 2 N–H and O–H groups in total. The van der Waals surface area contributed by atoms with Crippen LogP contribution in [0.5, 0.6) is 0 Å². The summed E-state index contributed by atoms with van der Waals surface area (Å²) in [5, 5.41) is 18.3. The number of aliphatic hydroxyl groups excluding tert-OH is 2. The molecule has 5 nitrogen and oxygen atoms in total. The summed E-state index contributed by atoms with van der Waals surface area (Å²) in [7, 11) is 1.94. The van der Waals surface area contributed by atoms with Crippen molar-refractivity contribution < 1.29 is 14.6 Å². The number of aromatic nitrogens is 1. The lowest BCUT2D eigenvalue weighted by molar-refractivity contribution is 0.115. The van der Waals surface area contributed by atoms with Gasteiger partial charge in [0.15, 0.2) is 11.5 Å². The summed E-state index contributed by atoms with van der Waals surface area (Å²) in [6.07, 6.45) is 0.566. The number of oxazole rings is 1. The lowest BCUT2D eigenvalue weighted by Gasteiger charge is -2.25. The van der Waals surface area contributed by atoms with Gasteiger partial charge >= 0.3 is 0 Å². The van der Waals surface area contributed by atoms with Crippen molar-refractivity contribution in [3.8, 4) is 0 Å².